The van der Waals surface area contributed by atoms with Gasteiger partial charge >= 0.3 is 5.97 Å². The minimum absolute atomic E-state index is 0.172. The van der Waals surface area contributed by atoms with Crippen LogP contribution in [-0.4, -0.2) is 24.8 Å². The number of halogens is 1. The van der Waals surface area contributed by atoms with Crippen molar-refractivity contribution in [3.63, 3.8) is 0 Å². The van der Waals surface area contributed by atoms with E-state index in [2.05, 4.69) is 10.2 Å². The van der Waals surface area contributed by atoms with Gasteiger partial charge in [0, 0.05) is 6.07 Å². The number of nitrogens with zero attached hydrogens (tertiary/aromatic N) is 2. The number of methoxy groups -OCH3 is 1. The number of hydrogen-bond acceptors (Lipinski definition) is 6. The standard InChI is InChI=1S/C13H15ClN2O4/c1-4-20-13(18)12(8(2)17)16-15-11-7-9(19-3)5-6-10(11)14/h5-7,17H,4H2,1-3H3/b12-8-,16-15?. The van der Waals surface area contributed by atoms with E-state index in [9.17, 15) is 9.90 Å². The molecule has 0 bridgehead atoms. The minimum atomic E-state index is -0.754. The van der Waals surface area contributed by atoms with E-state index in [-0.39, 0.29) is 18.1 Å². The molecule has 0 amide bonds. The lowest BCUT2D eigenvalue weighted by molar-refractivity contribution is -0.138. The summed E-state index contributed by atoms with van der Waals surface area (Å²) in [7, 11) is 1.51. The first-order valence-corrected chi connectivity index (χ1v) is 6.19. The summed E-state index contributed by atoms with van der Waals surface area (Å²) < 4.78 is 9.80. The Morgan fingerprint density at radius 1 is 1.45 bits per heavy atom. The van der Waals surface area contributed by atoms with Crippen LogP contribution in [0, 0.1) is 0 Å². The van der Waals surface area contributed by atoms with Crippen molar-refractivity contribution in [1.29, 1.82) is 0 Å². The lowest BCUT2D eigenvalue weighted by Gasteiger charge is -2.04. The van der Waals surface area contributed by atoms with Crippen molar-refractivity contribution < 1.29 is 19.4 Å². The first-order valence-electron chi connectivity index (χ1n) is 5.81. The maximum Gasteiger partial charge on any atom is 0.362 e. The summed E-state index contributed by atoms with van der Waals surface area (Å²) in [6, 6.07) is 4.82. The fourth-order valence-electron chi connectivity index (χ4n) is 1.26. The highest BCUT2D eigenvalue weighted by atomic mass is 35.5. The van der Waals surface area contributed by atoms with Gasteiger partial charge in [-0.3, -0.25) is 0 Å². The fraction of sp³-hybridized carbons (Fsp3) is 0.308. The Labute approximate surface area is 121 Å². The zero-order valence-electron chi connectivity index (χ0n) is 11.4. The number of benzene rings is 1. The summed E-state index contributed by atoms with van der Waals surface area (Å²) in [6.07, 6.45) is 0. The molecule has 0 radical (unpaired) electrons. The van der Waals surface area contributed by atoms with Crippen LogP contribution in [0.4, 0.5) is 5.69 Å². The third-order valence-electron chi connectivity index (χ3n) is 2.22. The van der Waals surface area contributed by atoms with Gasteiger partial charge in [-0.2, -0.15) is 0 Å². The second-order valence-corrected chi connectivity index (χ2v) is 4.08. The number of carbonyl (C=O) groups excluding carboxylic acids is 1. The van der Waals surface area contributed by atoms with Crippen LogP contribution >= 0.6 is 11.6 Å². The Morgan fingerprint density at radius 2 is 2.15 bits per heavy atom. The van der Waals surface area contributed by atoms with Gasteiger partial charge < -0.3 is 14.6 Å². The third kappa shape index (κ3) is 4.24. The molecule has 1 aromatic carbocycles. The maximum atomic E-state index is 11.6. The summed E-state index contributed by atoms with van der Waals surface area (Å²) in [6.45, 7) is 3.14. The van der Waals surface area contributed by atoms with Crippen molar-refractivity contribution in [2.24, 2.45) is 10.2 Å². The molecule has 108 valence electrons. The number of carbonyl (C=O) groups is 1. The number of rotatable bonds is 5. The minimum Gasteiger partial charge on any atom is -0.510 e. The van der Waals surface area contributed by atoms with Crippen molar-refractivity contribution in [3.8, 4) is 5.75 Å². The molecule has 20 heavy (non-hydrogen) atoms. The summed E-state index contributed by atoms with van der Waals surface area (Å²) in [5.41, 5.74) is 0.0415. The lowest BCUT2D eigenvalue weighted by Crippen LogP contribution is -2.07. The Bertz CT molecular complexity index is 551. The summed E-state index contributed by atoms with van der Waals surface area (Å²) in [5.74, 6) is -0.493. The van der Waals surface area contributed by atoms with E-state index in [1.807, 2.05) is 0 Å². The normalized spacial score (nSPS) is 12.2. The number of ether oxygens (including phenoxy) is 2. The lowest BCUT2D eigenvalue weighted by atomic mass is 10.3. The average molecular weight is 299 g/mol. The van der Waals surface area contributed by atoms with Gasteiger partial charge in [0.2, 0.25) is 5.70 Å². The van der Waals surface area contributed by atoms with Gasteiger partial charge in [-0.25, -0.2) is 4.79 Å². The highest BCUT2D eigenvalue weighted by Crippen LogP contribution is 2.30. The van der Waals surface area contributed by atoms with Crippen molar-refractivity contribution in [2.45, 2.75) is 13.8 Å². The molecule has 0 aromatic heterocycles. The average Bonchev–Trinajstić information content (AvgIpc) is 2.41. The van der Waals surface area contributed by atoms with Crippen LogP contribution < -0.4 is 4.74 Å². The van der Waals surface area contributed by atoms with Gasteiger partial charge in [0.15, 0.2) is 0 Å². The molecule has 7 heteroatoms. The Balaban J connectivity index is 3.06. The topological polar surface area (TPSA) is 80.5 Å². The molecular formula is C13H15ClN2O4. The van der Waals surface area contributed by atoms with Gasteiger partial charge in [0.25, 0.3) is 0 Å². The van der Waals surface area contributed by atoms with Gasteiger partial charge in [-0.1, -0.05) is 11.6 Å². The third-order valence-corrected chi connectivity index (χ3v) is 2.54. The first-order chi connectivity index (χ1) is 9.49. The van der Waals surface area contributed by atoms with Gasteiger partial charge in [-0.05, 0) is 26.0 Å². The Hall–Kier alpha value is -2.08. The Kier molecular flexibility index (Phi) is 5.99. The van der Waals surface area contributed by atoms with Crippen molar-refractivity contribution in [3.05, 3.63) is 34.7 Å². The smallest absolute Gasteiger partial charge is 0.362 e. The van der Waals surface area contributed by atoms with E-state index in [0.717, 1.165) is 0 Å². The molecule has 0 unspecified atom stereocenters. The zero-order valence-corrected chi connectivity index (χ0v) is 12.1. The molecule has 0 heterocycles. The fourth-order valence-corrected chi connectivity index (χ4v) is 1.42. The highest BCUT2D eigenvalue weighted by molar-refractivity contribution is 6.33. The number of aliphatic hydroxyl groups is 1. The molecule has 0 fully saturated rings. The van der Waals surface area contributed by atoms with E-state index < -0.39 is 5.97 Å². The molecule has 6 nitrogen and oxygen atoms in total. The molecule has 0 saturated heterocycles. The van der Waals surface area contributed by atoms with Crippen molar-refractivity contribution >= 4 is 23.3 Å². The number of azo groups is 1. The van der Waals surface area contributed by atoms with Crippen molar-refractivity contribution in [2.75, 3.05) is 13.7 Å². The predicted molar refractivity (Wildman–Crippen MR) is 74.5 cm³/mol. The molecular weight excluding hydrogens is 284 g/mol. The number of esters is 1. The van der Waals surface area contributed by atoms with Gasteiger partial charge in [-0.15, -0.1) is 10.2 Å². The molecule has 0 spiro atoms. The zero-order chi connectivity index (χ0) is 15.1. The molecule has 1 aromatic rings. The van der Waals surface area contributed by atoms with Gasteiger partial charge in [0.1, 0.15) is 17.2 Å². The van der Waals surface area contributed by atoms with Crippen LogP contribution in [0.3, 0.4) is 0 Å². The molecule has 0 aliphatic carbocycles. The molecule has 1 N–H and O–H groups in total. The van der Waals surface area contributed by atoms with E-state index in [1.54, 1.807) is 25.1 Å². The van der Waals surface area contributed by atoms with Crippen LogP contribution in [0.5, 0.6) is 5.75 Å². The summed E-state index contributed by atoms with van der Waals surface area (Å²) >= 11 is 5.95. The van der Waals surface area contributed by atoms with E-state index in [1.165, 1.54) is 14.0 Å². The quantitative estimate of drug-likeness (QED) is 0.388. The molecule has 1 rings (SSSR count). The number of hydrogen-bond donors (Lipinski definition) is 1. The van der Waals surface area contributed by atoms with Crippen LogP contribution in [-0.2, 0) is 9.53 Å². The largest absolute Gasteiger partial charge is 0.510 e. The number of allylic oxidation sites excluding steroid dienone is 1. The predicted octanol–water partition coefficient (Wildman–Crippen LogP) is 3.78. The second kappa shape index (κ2) is 7.49. The van der Waals surface area contributed by atoms with Gasteiger partial charge in [0.05, 0.1) is 18.7 Å². The molecule has 0 aliphatic rings. The summed E-state index contributed by atoms with van der Waals surface area (Å²) in [5, 5.41) is 17.3. The molecule has 0 atom stereocenters. The van der Waals surface area contributed by atoms with Crippen LogP contribution in [0.1, 0.15) is 13.8 Å². The monoisotopic (exact) mass is 298 g/mol. The first kappa shape index (κ1) is 16.0. The van der Waals surface area contributed by atoms with E-state index in [0.29, 0.717) is 16.5 Å². The maximum absolute atomic E-state index is 11.6. The molecule has 0 aliphatic heterocycles. The highest BCUT2D eigenvalue weighted by Gasteiger charge is 2.14. The van der Waals surface area contributed by atoms with Crippen LogP contribution in [0.25, 0.3) is 0 Å². The second-order valence-electron chi connectivity index (χ2n) is 3.67. The summed E-state index contributed by atoms with van der Waals surface area (Å²) in [4.78, 5) is 11.6. The van der Waals surface area contributed by atoms with E-state index in [4.69, 9.17) is 21.1 Å². The van der Waals surface area contributed by atoms with Crippen LogP contribution in [0.15, 0.2) is 39.9 Å². The van der Waals surface area contributed by atoms with E-state index >= 15 is 0 Å². The number of aliphatic hydroxyl groups excluding tert-OH is 1. The molecule has 0 saturated carbocycles. The SMILES string of the molecule is CCOC(=O)/C(N=Nc1cc(OC)ccc1Cl)=C(\C)O. The van der Waals surface area contributed by atoms with Crippen molar-refractivity contribution in [1.82, 2.24) is 0 Å². The van der Waals surface area contributed by atoms with Crippen LogP contribution in [0.2, 0.25) is 5.02 Å². The Morgan fingerprint density at radius 3 is 2.70 bits per heavy atom.